The van der Waals surface area contributed by atoms with Crippen molar-refractivity contribution in [2.75, 3.05) is 13.1 Å². The van der Waals surface area contributed by atoms with Crippen molar-refractivity contribution in [3.05, 3.63) is 70.8 Å². The number of benzene rings is 2. The van der Waals surface area contributed by atoms with Gasteiger partial charge in [-0.05, 0) is 42.5 Å². The molecule has 26 heavy (non-hydrogen) atoms. The zero-order valence-electron chi connectivity index (χ0n) is 15.6. The molecule has 0 saturated carbocycles. The van der Waals surface area contributed by atoms with E-state index in [-0.39, 0.29) is 18.5 Å². The summed E-state index contributed by atoms with van der Waals surface area (Å²) in [7, 11) is 0. The Morgan fingerprint density at radius 3 is 2.38 bits per heavy atom. The molecule has 2 aromatic rings. The van der Waals surface area contributed by atoms with Crippen molar-refractivity contribution in [1.82, 2.24) is 5.32 Å². The number of amides is 1. The largest absolute Gasteiger partial charge is 0.351 e. The molecule has 0 spiro atoms. The summed E-state index contributed by atoms with van der Waals surface area (Å²) in [5.74, 6) is -0.776. The van der Waals surface area contributed by atoms with Crippen molar-refractivity contribution in [3.63, 3.8) is 0 Å². The van der Waals surface area contributed by atoms with Gasteiger partial charge in [0, 0.05) is 18.2 Å². The van der Waals surface area contributed by atoms with E-state index in [0.717, 1.165) is 12.5 Å². The number of quaternary nitrogens is 1. The Kier molecular flexibility index (Phi) is 7.27. The van der Waals surface area contributed by atoms with Crippen molar-refractivity contribution in [1.29, 1.82) is 0 Å². The molecule has 5 heteroatoms. The number of halogens is 2. The van der Waals surface area contributed by atoms with Crippen molar-refractivity contribution in [2.45, 2.75) is 39.2 Å². The molecule has 1 atom stereocenters. The maximum atomic E-state index is 13.7. The smallest absolute Gasteiger partial charge is 0.275 e. The normalized spacial score (nSPS) is 12.2. The molecule has 0 aliphatic carbocycles. The third-order valence-electron chi connectivity index (χ3n) is 4.49. The molecule has 2 aromatic carbocycles. The number of rotatable bonds is 8. The quantitative estimate of drug-likeness (QED) is 0.746. The number of nitrogens with one attached hydrogen (secondary N) is 1. The molecule has 0 fully saturated rings. The Morgan fingerprint density at radius 2 is 1.77 bits per heavy atom. The van der Waals surface area contributed by atoms with E-state index in [2.05, 4.69) is 43.4 Å². The van der Waals surface area contributed by atoms with Gasteiger partial charge in [0.1, 0.15) is 17.7 Å². The number of carbonyl (C=O) groups excluding carboxylic acids is 1. The van der Waals surface area contributed by atoms with Crippen LogP contribution in [0.25, 0.3) is 0 Å². The lowest BCUT2D eigenvalue weighted by Gasteiger charge is -2.12. The fraction of sp³-hybridized carbons (Fsp3) is 0.381. The first-order chi connectivity index (χ1) is 12.4. The average molecular weight is 361 g/mol. The number of hydrogen-bond acceptors (Lipinski definition) is 1. The standard InChI is InChI=1S/C21H26F2N2O/c1-14(2)17-6-4-16(5-7-17)10-11-24-21(26)13-25-15(3)19-9-8-18(22)12-20(19)23/h4-9,12,14-15,25H,10-11,13H2,1-3H3,(H,24,26)/p+1/t15-/m0/s1. The van der Waals surface area contributed by atoms with Crippen LogP contribution in [0, 0.1) is 11.6 Å². The molecule has 0 radical (unpaired) electrons. The molecular formula is C21H27F2N2O+. The molecule has 2 rings (SSSR count). The second kappa shape index (κ2) is 9.43. The van der Waals surface area contributed by atoms with Crippen LogP contribution >= 0.6 is 0 Å². The van der Waals surface area contributed by atoms with Crippen LogP contribution in [0.1, 0.15) is 49.4 Å². The van der Waals surface area contributed by atoms with Gasteiger partial charge in [-0.25, -0.2) is 8.78 Å². The first-order valence-electron chi connectivity index (χ1n) is 9.00. The highest BCUT2D eigenvalue weighted by molar-refractivity contribution is 5.76. The van der Waals surface area contributed by atoms with Gasteiger partial charge >= 0.3 is 0 Å². The van der Waals surface area contributed by atoms with Crippen LogP contribution in [-0.4, -0.2) is 19.0 Å². The molecule has 0 aromatic heterocycles. The molecule has 140 valence electrons. The zero-order chi connectivity index (χ0) is 19.1. The van der Waals surface area contributed by atoms with Gasteiger partial charge in [0.2, 0.25) is 0 Å². The van der Waals surface area contributed by atoms with Crippen molar-refractivity contribution in [2.24, 2.45) is 0 Å². The van der Waals surface area contributed by atoms with E-state index < -0.39 is 11.6 Å². The Morgan fingerprint density at radius 1 is 1.08 bits per heavy atom. The molecule has 3 N–H and O–H groups in total. The highest BCUT2D eigenvalue weighted by atomic mass is 19.1. The summed E-state index contributed by atoms with van der Waals surface area (Å²) >= 11 is 0. The molecule has 3 nitrogen and oxygen atoms in total. The van der Waals surface area contributed by atoms with E-state index in [1.165, 1.54) is 23.3 Å². The summed E-state index contributed by atoms with van der Waals surface area (Å²) in [6, 6.07) is 11.7. The molecule has 0 saturated heterocycles. The van der Waals surface area contributed by atoms with E-state index in [1.807, 2.05) is 0 Å². The highest BCUT2D eigenvalue weighted by Gasteiger charge is 2.15. The van der Waals surface area contributed by atoms with Crippen LogP contribution in [0.4, 0.5) is 8.78 Å². The SMILES string of the molecule is CC(C)c1ccc(CCNC(=O)C[NH2+][C@@H](C)c2ccc(F)cc2F)cc1. The zero-order valence-corrected chi connectivity index (χ0v) is 15.6. The summed E-state index contributed by atoms with van der Waals surface area (Å²) in [6.45, 7) is 6.87. The van der Waals surface area contributed by atoms with Crippen LogP contribution in [0.15, 0.2) is 42.5 Å². The van der Waals surface area contributed by atoms with Gasteiger partial charge in [-0.15, -0.1) is 0 Å². The number of hydrogen-bond donors (Lipinski definition) is 2. The van der Waals surface area contributed by atoms with Gasteiger partial charge in [-0.1, -0.05) is 38.1 Å². The van der Waals surface area contributed by atoms with Gasteiger partial charge in [0.15, 0.2) is 6.54 Å². The third kappa shape index (κ3) is 5.92. The van der Waals surface area contributed by atoms with E-state index in [9.17, 15) is 13.6 Å². The number of nitrogens with two attached hydrogens (primary N) is 1. The monoisotopic (exact) mass is 361 g/mol. The average Bonchev–Trinajstić information content (AvgIpc) is 2.60. The molecule has 0 heterocycles. The van der Waals surface area contributed by atoms with Crippen LogP contribution in [0.5, 0.6) is 0 Å². The van der Waals surface area contributed by atoms with Crippen molar-refractivity contribution >= 4 is 5.91 Å². The minimum absolute atomic E-state index is 0.0989. The first-order valence-corrected chi connectivity index (χ1v) is 9.00. The lowest BCUT2D eigenvalue weighted by atomic mass is 10.0. The van der Waals surface area contributed by atoms with E-state index >= 15 is 0 Å². The van der Waals surface area contributed by atoms with Crippen LogP contribution < -0.4 is 10.6 Å². The fourth-order valence-corrected chi connectivity index (χ4v) is 2.77. The predicted octanol–water partition coefficient (Wildman–Crippen LogP) is 3.07. The Hall–Kier alpha value is -2.27. The molecule has 1 amide bonds. The molecule has 0 aliphatic heterocycles. The maximum Gasteiger partial charge on any atom is 0.275 e. The van der Waals surface area contributed by atoms with Crippen molar-refractivity contribution < 1.29 is 18.9 Å². The maximum absolute atomic E-state index is 13.7. The van der Waals surface area contributed by atoms with Gasteiger partial charge in [0.25, 0.3) is 5.91 Å². The van der Waals surface area contributed by atoms with Crippen molar-refractivity contribution in [3.8, 4) is 0 Å². The molecule has 0 bridgehead atoms. The topological polar surface area (TPSA) is 45.7 Å². The Bertz CT molecular complexity index is 729. The Labute approximate surface area is 153 Å². The van der Waals surface area contributed by atoms with Gasteiger partial charge < -0.3 is 10.6 Å². The minimum Gasteiger partial charge on any atom is -0.351 e. The van der Waals surface area contributed by atoms with E-state index in [0.29, 0.717) is 18.0 Å². The second-order valence-electron chi connectivity index (χ2n) is 6.89. The van der Waals surface area contributed by atoms with Crippen LogP contribution in [-0.2, 0) is 11.2 Å². The van der Waals surface area contributed by atoms with Crippen LogP contribution in [0.3, 0.4) is 0 Å². The highest BCUT2D eigenvalue weighted by Crippen LogP contribution is 2.15. The molecule has 0 aliphatic rings. The Balaban J connectivity index is 1.73. The lowest BCUT2D eigenvalue weighted by molar-refractivity contribution is -0.682. The lowest BCUT2D eigenvalue weighted by Crippen LogP contribution is -2.87. The summed E-state index contributed by atoms with van der Waals surface area (Å²) in [4.78, 5) is 12.0. The third-order valence-corrected chi connectivity index (χ3v) is 4.49. The molecular weight excluding hydrogens is 334 g/mol. The second-order valence-corrected chi connectivity index (χ2v) is 6.89. The summed E-state index contributed by atoms with van der Waals surface area (Å²) in [5.41, 5.74) is 2.87. The van der Waals surface area contributed by atoms with E-state index in [4.69, 9.17) is 0 Å². The first kappa shape index (κ1) is 20.0. The van der Waals surface area contributed by atoms with Gasteiger partial charge in [-0.3, -0.25) is 4.79 Å². The van der Waals surface area contributed by atoms with Gasteiger partial charge in [-0.2, -0.15) is 0 Å². The molecule has 0 unspecified atom stereocenters. The summed E-state index contributed by atoms with van der Waals surface area (Å²) in [5, 5.41) is 4.61. The minimum atomic E-state index is -0.599. The summed E-state index contributed by atoms with van der Waals surface area (Å²) < 4.78 is 26.7. The predicted molar refractivity (Wildman–Crippen MR) is 98.8 cm³/mol. The van der Waals surface area contributed by atoms with Crippen LogP contribution in [0.2, 0.25) is 0 Å². The van der Waals surface area contributed by atoms with E-state index in [1.54, 1.807) is 12.2 Å². The number of carbonyl (C=O) groups is 1. The fourth-order valence-electron chi connectivity index (χ4n) is 2.77. The van der Waals surface area contributed by atoms with Gasteiger partial charge in [0.05, 0.1) is 0 Å². The summed E-state index contributed by atoms with van der Waals surface area (Å²) in [6.07, 6.45) is 0.770.